The number of aromatic nitrogens is 1. The molecule has 1 atom stereocenters. The van der Waals surface area contributed by atoms with Crippen molar-refractivity contribution in [2.24, 2.45) is 5.41 Å². The first-order chi connectivity index (χ1) is 8.64. The first-order valence-corrected chi connectivity index (χ1v) is 6.35. The molecule has 0 spiro atoms. The standard InChI is InChI=1S/C14H22N2O3/c1-9(2)16-8-6-7-10(16)12(17)15-11(13(18)19)14(3,4)5/h6-9,11H,1-5H3,(H,15,17)(H,18,19)/t11-/m1/s1. The molecule has 0 saturated heterocycles. The average Bonchev–Trinajstić information content (AvgIpc) is 2.72. The van der Waals surface area contributed by atoms with Crippen LogP contribution in [0.5, 0.6) is 0 Å². The fourth-order valence-corrected chi connectivity index (χ4v) is 1.89. The smallest absolute Gasteiger partial charge is 0.326 e. The molecule has 0 aromatic carbocycles. The van der Waals surface area contributed by atoms with Crippen LogP contribution in [0.3, 0.4) is 0 Å². The van der Waals surface area contributed by atoms with E-state index in [4.69, 9.17) is 0 Å². The largest absolute Gasteiger partial charge is 0.480 e. The molecule has 5 heteroatoms. The zero-order valence-corrected chi connectivity index (χ0v) is 12.1. The molecule has 0 bridgehead atoms. The lowest BCUT2D eigenvalue weighted by Crippen LogP contribution is -2.49. The van der Waals surface area contributed by atoms with Crippen LogP contribution in [0.15, 0.2) is 18.3 Å². The van der Waals surface area contributed by atoms with Crippen LogP contribution in [0.2, 0.25) is 0 Å². The third kappa shape index (κ3) is 3.59. The van der Waals surface area contributed by atoms with Gasteiger partial charge in [0.05, 0.1) is 0 Å². The number of hydrogen-bond acceptors (Lipinski definition) is 2. The Morgan fingerprint density at radius 1 is 1.32 bits per heavy atom. The van der Waals surface area contributed by atoms with Crippen molar-refractivity contribution in [2.45, 2.75) is 46.7 Å². The summed E-state index contributed by atoms with van der Waals surface area (Å²) >= 11 is 0. The molecule has 5 nitrogen and oxygen atoms in total. The SMILES string of the molecule is CC(C)n1cccc1C(=O)N[C@H](C(=O)O)C(C)(C)C. The van der Waals surface area contributed by atoms with E-state index in [1.165, 1.54) is 0 Å². The van der Waals surface area contributed by atoms with Crippen LogP contribution in [-0.2, 0) is 4.79 Å². The average molecular weight is 266 g/mol. The van der Waals surface area contributed by atoms with Gasteiger partial charge in [-0.2, -0.15) is 0 Å². The maximum atomic E-state index is 12.2. The van der Waals surface area contributed by atoms with Crippen molar-refractivity contribution in [1.29, 1.82) is 0 Å². The van der Waals surface area contributed by atoms with Crippen molar-refractivity contribution in [3.05, 3.63) is 24.0 Å². The summed E-state index contributed by atoms with van der Waals surface area (Å²) in [6.07, 6.45) is 1.81. The highest BCUT2D eigenvalue weighted by Gasteiger charge is 2.33. The fourth-order valence-electron chi connectivity index (χ4n) is 1.89. The van der Waals surface area contributed by atoms with Gasteiger partial charge in [-0.25, -0.2) is 4.79 Å². The van der Waals surface area contributed by atoms with Crippen LogP contribution in [0.1, 0.15) is 51.1 Å². The van der Waals surface area contributed by atoms with Crippen LogP contribution in [-0.4, -0.2) is 27.6 Å². The molecule has 1 heterocycles. The molecule has 19 heavy (non-hydrogen) atoms. The van der Waals surface area contributed by atoms with E-state index < -0.39 is 17.4 Å². The summed E-state index contributed by atoms with van der Waals surface area (Å²) in [5, 5.41) is 11.8. The highest BCUT2D eigenvalue weighted by Crippen LogP contribution is 2.20. The molecule has 1 amide bonds. The Morgan fingerprint density at radius 3 is 2.32 bits per heavy atom. The number of carbonyl (C=O) groups excluding carboxylic acids is 1. The molecule has 0 saturated carbocycles. The first-order valence-electron chi connectivity index (χ1n) is 6.35. The highest BCUT2D eigenvalue weighted by molar-refractivity contribution is 5.95. The summed E-state index contributed by atoms with van der Waals surface area (Å²) in [7, 11) is 0. The number of amides is 1. The van der Waals surface area contributed by atoms with Gasteiger partial charge < -0.3 is 15.0 Å². The second-order valence-corrected chi connectivity index (χ2v) is 6.01. The Labute approximate surface area is 113 Å². The van der Waals surface area contributed by atoms with Crippen LogP contribution in [0.25, 0.3) is 0 Å². The minimum absolute atomic E-state index is 0.147. The molecule has 0 aliphatic rings. The van der Waals surface area contributed by atoms with E-state index >= 15 is 0 Å². The second kappa shape index (κ2) is 5.47. The maximum absolute atomic E-state index is 12.2. The lowest BCUT2D eigenvalue weighted by molar-refractivity contribution is -0.142. The molecule has 106 valence electrons. The van der Waals surface area contributed by atoms with Crippen molar-refractivity contribution >= 4 is 11.9 Å². The molecule has 1 rings (SSSR count). The minimum Gasteiger partial charge on any atom is -0.480 e. The molecule has 1 aromatic heterocycles. The number of carbonyl (C=O) groups is 2. The lowest BCUT2D eigenvalue weighted by Gasteiger charge is -2.28. The first kappa shape index (κ1) is 15.3. The second-order valence-electron chi connectivity index (χ2n) is 6.01. The van der Waals surface area contributed by atoms with Gasteiger partial charge in [0.2, 0.25) is 0 Å². The van der Waals surface area contributed by atoms with Crippen molar-refractivity contribution in [2.75, 3.05) is 0 Å². The number of carboxylic acids is 1. The summed E-state index contributed by atoms with van der Waals surface area (Å²) in [5.41, 5.74) is -0.0676. The number of carboxylic acid groups (broad SMARTS) is 1. The molecule has 0 fully saturated rings. The zero-order valence-electron chi connectivity index (χ0n) is 12.1. The molecular weight excluding hydrogens is 244 g/mol. The fraction of sp³-hybridized carbons (Fsp3) is 0.571. The molecule has 0 radical (unpaired) electrons. The minimum atomic E-state index is -1.02. The van der Waals surface area contributed by atoms with Crippen LogP contribution < -0.4 is 5.32 Å². The van der Waals surface area contributed by atoms with Crippen LogP contribution in [0.4, 0.5) is 0 Å². The van der Waals surface area contributed by atoms with Gasteiger partial charge in [0.15, 0.2) is 0 Å². The Hall–Kier alpha value is -1.78. The van der Waals surface area contributed by atoms with E-state index in [0.29, 0.717) is 5.69 Å². The summed E-state index contributed by atoms with van der Waals surface area (Å²) in [4.78, 5) is 23.4. The predicted molar refractivity (Wildman–Crippen MR) is 73.2 cm³/mol. The summed E-state index contributed by atoms with van der Waals surface area (Å²) in [6, 6.07) is 2.70. The van der Waals surface area contributed by atoms with E-state index in [1.807, 2.05) is 24.6 Å². The van der Waals surface area contributed by atoms with E-state index in [-0.39, 0.29) is 11.9 Å². The van der Waals surface area contributed by atoms with Crippen molar-refractivity contribution in [3.8, 4) is 0 Å². The van der Waals surface area contributed by atoms with Crippen molar-refractivity contribution < 1.29 is 14.7 Å². The van der Waals surface area contributed by atoms with Gasteiger partial charge in [-0.3, -0.25) is 4.79 Å². The Kier molecular flexibility index (Phi) is 4.39. The normalized spacial score (nSPS) is 13.4. The summed E-state index contributed by atoms with van der Waals surface area (Å²) in [6.45, 7) is 9.29. The number of hydrogen-bond donors (Lipinski definition) is 2. The van der Waals surface area contributed by atoms with Gasteiger partial charge in [-0.1, -0.05) is 20.8 Å². The molecule has 0 aliphatic carbocycles. The van der Waals surface area contributed by atoms with E-state index in [2.05, 4.69) is 5.32 Å². The summed E-state index contributed by atoms with van der Waals surface area (Å²) < 4.78 is 1.82. The molecular formula is C14H22N2O3. The van der Waals surface area contributed by atoms with Gasteiger partial charge in [0.1, 0.15) is 11.7 Å². The zero-order chi connectivity index (χ0) is 14.8. The topological polar surface area (TPSA) is 71.3 Å². The molecule has 0 unspecified atom stereocenters. The third-order valence-corrected chi connectivity index (χ3v) is 2.96. The van der Waals surface area contributed by atoms with Gasteiger partial charge in [-0.05, 0) is 31.4 Å². The predicted octanol–water partition coefficient (Wildman–Crippen LogP) is 2.30. The van der Waals surface area contributed by atoms with Crippen molar-refractivity contribution in [1.82, 2.24) is 9.88 Å². The Balaban J connectivity index is 2.95. The number of nitrogens with zero attached hydrogens (tertiary/aromatic N) is 1. The molecule has 1 aromatic rings. The highest BCUT2D eigenvalue weighted by atomic mass is 16.4. The quantitative estimate of drug-likeness (QED) is 0.878. The number of rotatable bonds is 4. The molecule has 2 N–H and O–H groups in total. The van der Waals surface area contributed by atoms with Gasteiger partial charge >= 0.3 is 5.97 Å². The number of nitrogens with one attached hydrogen (secondary N) is 1. The van der Waals surface area contributed by atoms with E-state index in [1.54, 1.807) is 32.9 Å². The van der Waals surface area contributed by atoms with Crippen molar-refractivity contribution in [3.63, 3.8) is 0 Å². The monoisotopic (exact) mass is 266 g/mol. The lowest BCUT2D eigenvalue weighted by atomic mass is 9.86. The van der Waals surface area contributed by atoms with Crippen LogP contribution in [0, 0.1) is 5.41 Å². The summed E-state index contributed by atoms with van der Waals surface area (Å²) in [5.74, 6) is -1.38. The van der Waals surface area contributed by atoms with E-state index in [9.17, 15) is 14.7 Å². The third-order valence-electron chi connectivity index (χ3n) is 2.96. The molecule has 0 aliphatic heterocycles. The number of aliphatic carboxylic acids is 1. The van der Waals surface area contributed by atoms with Gasteiger partial charge in [0, 0.05) is 12.2 Å². The Morgan fingerprint density at radius 2 is 1.89 bits per heavy atom. The van der Waals surface area contributed by atoms with Gasteiger partial charge in [0.25, 0.3) is 5.91 Å². The maximum Gasteiger partial charge on any atom is 0.326 e. The van der Waals surface area contributed by atoms with Crippen LogP contribution >= 0.6 is 0 Å². The van der Waals surface area contributed by atoms with Gasteiger partial charge in [-0.15, -0.1) is 0 Å². The van der Waals surface area contributed by atoms with E-state index in [0.717, 1.165) is 0 Å². The Bertz CT molecular complexity index is 469.